The monoisotopic (exact) mass is 210 g/mol. The molecule has 0 aliphatic carbocycles. The molecule has 3 heteroatoms. The summed E-state index contributed by atoms with van der Waals surface area (Å²) in [5, 5.41) is 0. The zero-order valence-electron chi connectivity index (χ0n) is 9.61. The molecule has 86 valence electrons. The van der Waals surface area contributed by atoms with Crippen molar-refractivity contribution in [1.82, 2.24) is 4.90 Å². The first-order chi connectivity index (χ1) is 7.27. The molecule has 1 saturated heterocycles. The number of ether oxygens (including phenoxy) is 1. The van der Waals surface area contributed by atoms with Gasteiger partial charge in [-0.05, 0) is 19.4 Å². The van der Waals surface area contributed by atoms with E-state index in [9.17, 15) is 0 Å². The largest absolute Gasteiger partial charge is 0.374 e. The number of rotatable bonds is 5. The minimum Gasteiger partial charge on any atom is -0.374 e. The summed E-state index contributed by atoms with van der Waals surface area (Å²) in [4.78, 5) is 2.42. The number of nitrogens with two attached hydrogens (primary N) is 1. The number of terminal acetylenes is 1. The highest BCUT2D eigenvalue weighted by atomic mass is 16.5. The van der Waals surface area contributed by atoms with Gasteiger partial charge in [0.05, 0.1) is 12.7 Å². The highest BCUT2D eigenvalue weighted by Gasteiger charge is 2.24. The molecule has 1 aliphatic heterocycles. The fourth-order valence-corrected chi connectivity index (χ4v) is 1.95. The van der Waals surface area contributed by atoms with Crippen LogP contribution in [0.25, 0.3) is 0 Å². The van der Waals surface area contributed by atoms with Gasteiger partial charge in [-0.3, -0.25) is 4.90 Å². The molecule has 2 unspecified atom stereocenters. The molecule has 0 aromatic rings. The maximum absolute atomic E-state index is 6.05. The lowest BCUT2D eigenvalue weighted by molar-refractivity contribution is -0.0410. The molecule has 0 amide bonds. The standard InChI is InChI=1S/C12H22N2O/c1-3-5-6-11(13)12-10-14(7-4-2)8-9-15-12/h1,11-12H,4-10,13H2,2H3. The van der Waals surface area contributed by atoms with Crippen LogP contribution in [-0.4, -0.2) is 43.3 Å². The second kappa shape index (κ2) is 6.84. The van der Waals surface area contributed by atoms with Crippen LogP contribution in [0.1, 0.15) is 26.2 Å². The minimum atomic E-state index is 0.0840. The van der Waals surface area contributed by atoms with Crippen LogP contribution in [0, 0.1) is 12.3 Å². The molecule has 1 fully saturated rings. The van der Waals surface area contributed by atoms with Crippen molar-refractivity contribution in [2.24, 2.45) is 5.73 Å². The van der Waals surface area contributed by atoms with Gasteiger partial charge in [-0.15, -0.1) is 12.3 Å². The average molecular weight is 210 g/mol. The molecule has 0 aromatic heterocycles. The quantitative estimate of drug-likeness (QED) is 0.683. The Bertz CT molecular complexity index is 210. The lowest BCUT2D eigenvalue weighted by Crippen LogP contribution is -2.50. The summed E-state index contributed by atoms with van der Waals surface area (Å²) in [7, 11) is 0. The minimum absolute atomic E-state index is 0.0840. The van der Waals surface area contributed by atoms with Crippen LogP contribution in [0.2, 0.25) is 0 Å². The van der Waals surface area contributed by atoms with Crippen molar-refractivity contribution < 1.29 is 4.74 Å². The van der Waals surface area contributed by atoms with Gasteiger partial charge in [0.1, 0.15) is 0 Å². The van der Waals surface area contributed by atoms with Crippen molar-refractivity contribution >= 4 is 0 Å². The van der Waals surface area contributed by atoms with Gasteiger partial charge in [-0.1, -0.05) is 6.92 Å². The van der Waals surface area contributed by atoms with E-state index >= 15 is 0 Å². The van der Waals surface area contributed by atoms with E-state index in [2.05, 4.69) is 17.7 Å². The van der Waals surface area contributed by atoms with Crippen molar-refractivity contribution in [3.8, 4) is 12.3 Å². The zero-order valence-corrected chi connectivity index (χ0v) is 9.61. The van der Waals surface area contributed by atoms with Gasteiger partial charge in [-0.2, -0.15) is 0 Å². The van der Waals surface area contributed by atoms with Gasteiger partial charge < -0.3 is 10.5 Å². The second-order valence-electron chi connectivity index (χ2n) is 4.12. The Labute approximate surface area is 93.0 Å². The maximum atomic E-state index is 6.05. The fourth-order valence-electron chi connectivity index (χ4n) is 1.95. The van der Waals surface area contributed by atoms with Crippen LogP contribution in [-0.2, 0) is 4.74 Å². The van der Waals surface area contributed by atoms with Crippen LogP contribution < -0.4 is 5.73 Å². The van der Waals surface area contributed by atoms with Crippen molar-refractivity contribution in [3.63, 3.8) is 0 Å². The highest BCUT2D eigenvalue weighted by Crippen LogP contribution is 2.11. The van der Waals surface area contributed by atoms with E-state index < -0.39 is 0 Å². The molecule has 2 N–H and O–H groups in total. The van der Waals surface area contributed by atoms with Gasteiger partial charge in [0.2, 0.25) is 0 Å². The Morgan fingerprint density at radius 3 is 3.13 bits per heavy atom. The highest BCUT2D eigenvalue weighted by molar-refractivity contribution is 4.88. The molecule has 1 heterocycles. The maximum Gasteiger partial charge on any atom is 0.0853 e. The lowest BCUT2D eigenvalue weighted by Gasteiger charge is -2.35. The molecule has 2 atom stereocenters. The Kier molecular flexibility index (Phi) is 5.70. The summed E-state index contributed by atoms with van der Waals surface area (Å²) in [5.74, 6) is 2.62. The van der Waals surface area contributed by atoms with Gasteiger partial charge in [0.25, 0.3) is 0 Å². The van der Waals surface area contributed by atoms with Crippen LogP contribution in [0.4, 0.5) is 0 Å². The van der Waals surface area contributed by atoms with E-state index in [0.29, 0.717) is 0 Å². The molecule has 0 radical (unpaired) electrons. The van der Waals surface area contributed by atoms with Gasteiger partial charge >= 0.3 is 0 Å². The van der Waals surface area contributed by atoms with Crippen molar-refractivity contribution in [3.05, 3.63) is 0 Å². The van der Waals surface area contributed by atoms with Crippen LogP contribution in [0.3, 0.4) is 0 Å². The fraction of sp³-hybridized carbons (Fsp3) is 0.833. The predicted molar refractivity (Wildman–Crippen MR) is 62.5 cm³/mol. The summed E-state index contributed by atoms with van der Waals surface area (Å²) in [5.41, 5.74) is 6.05. The lowest BCUT2D eigenvalue weighted by atomic mass is 10.0. The third kappa shape index (κ3) is 4.21. The summed E-state index contributed by atoms with van der Waals surface area (Å²) in [6.45, 7) is 6.13. The normalized spacial score (nSPS) is 24.7. The van der Waals surface area contributed by atoms with Gasteiger partial charge in [-0.25, -0.2) is 0 Å². The first-order valence-electron chi connectivity index (χ1n) is 5.81. The summed E-state index contributed by atoms with van der Waals surface area (Å²) in [6.07, 6.45) is 8.18. The summed E-state index contributed by atoms with van der Waals surface area (Å²) in [6, 6.07) is 0.0840. The SMILES string of the molecule is C#CCCC(N)C1CN(CCC)CCO1. The van der Waals surface area contributed by atoms with E-state index in [-0.39, 0.29) is 12.1 Å². The number of hydrogen-bond acceptors (Lipinski definition) is 3. The number of hydrogen-bond donors (Lipinski definition) is 1. The Morgan fingerprint density at radius 1 is 1.67 bits per heavy atom. The molecular formula is C12H22N2O. The van der Waals surface area contributed by atoms with Gasteiger partial charge in [0, 0.05) is 25.6 Å². The van der Waals surface area contributed by atoms with Crippen molar-refractivity contribution in [2.45, 2.75) is 38.3 Å². The molecule has 1 aliphatic rings. The zero-order chi connectivity index (χ0) is 11.1. The molecule has 15 heavy (non-hydrogen) atoms. The molecule has 0 aromatic carbocycles. The van der Waals surface area contributed by atoms with Crippen molar-refractivity contribution in [2.75, 3.05) is 26.2 Å². The number of nitrogens with zero attached hydrogens (tertiary/aromatic N) is 1. The van der Waals surface area contributed by atoms with E-state index in [1.54, 1.807) is 0 Å². The third-order valence-electron chi connectivity index (χ3n) is 2.82. The molecule has 0 saturated carbocycles. The Morgan fingerprint density at radius 2 is 2.47 bits per heavy atom. The summed E-state index contributed by atoms with van der Waals surface area (Å²) < 4.78 is 5.68. The first kappa shape index (κ1) is 12.5. The van der Waals surface area contributed by atoms with Gasteiger partial charge in [0.15, 0.2) is 0 Å². The first-order valence-corrected chi connectivity index (χ1v) is 5.81. The Hall–Kier alpha value is -0.560. The van der Waals surface area contributed by atoms with E-state index in [1.165, 1.54) is 6.42 Å². The third-order valence-corrected chi connectivity index (χ3v) is 2.82. The van der Waals surface area contributed by atoms with E-state index in [1.807, 2.05) is 0 Å². The topological polar surface area (TPSA) is 38.5 Å². The van der Waals surface area contributed by atoms with Crippen LogP contribution in [0.5, 0.6) is 0 Å². The average Bonchev–Trinajstić information content (AvgIpc) is 2.27. The molecule has 0 bridgehead atoms. The van der Waals surface area contributed by atoms with E-state index in [0.717, 1.165) is 39.1 Å². The molecular weight excluding hydrogens is 188 g/mol. The van der Waals surface area contributed by atoms with Crippen LogP contribution >= 0.6 is 0 Å². The van der Waals surface area contributed by atoms with E-state index in [4.69, 9.17) is 16.9 Å². The smallest absolute Gasteiger partial charge is 0.0853 e. The van der Waals surface area contributed by atoms with Crippen LogP contribution in [0.15, 0.2) is 0 Å². The Balaban J connectivity index is 2.31. The second-order valence-corrected chi connectivity index (χ2v) is 4.12. The molecule has 0 spiro atoms. The van der Waals surface area contributed by atoms with Crippen molar-refractivity contribution in [1.29, 1.82) is 0 Å². The molecule has 3 nitrogen and oxygen atoms in total. The number of morpholine rings is 1. The summed E-state index contributed by atoms with van der Waals surface area (Å²) >= 11 is 0. The predicted octanol–water partition coefficient (Wildman–Crippen LogP) is 0.838. The molecule has 1 rings (SSSR count).